The topological polar surface area (TPSA) is 59.1 Å². The van der Waals surface area contributed by atoms with Crippen LogP contribution in [0.25, 0.3) is 0 Å². The second kappa shape index (κ2) is 14.3. The number of anilines is 1. The van der Waals surface area contributed by atoms with Crippen LogP contribution in [-0.4, -0.2) is 29.6 Å². The van der Waals surface area contributed by atoms with Crippen LogP contribution in [0, 0.1) is 5.41 Å². The van der Waals surface area contributed by atoms with Gasteiger partial charge < -0.3 is 14.4 Å². The number of allylic oxidation sites excluding steroid dienone is 1. The van der Waals surface area contributed by atoms with Crippen LogP contribution < -0.4 is 4.90 Å². The summed E-state index contributed by atoms with van der Waals surface area (Å²) >= 11 is 0. The predicted molar refractivity (Wildman–Crippen MR) is 178 cm³/mol. The number of carbonyl (C=O) groups is 2. The van der Waals surface area contributed by atoms with Crippen molar-refractivity contribution < 1.29 is 19.1 Å². The standard InChI is InChI=1S/C39H42N2O4/c1-29(42)45-37(41-35(28-44-38(41)43)23-30-15-8-5-9-16-30)25-36(39(2,3)4)33-21-14-22-34(24-33)40(26-31-17-10-6-11-18-31)27-32-19-12-7-13-20-32/h5-22,24-25,35-36H,23,26-28H2,1-4H3/b37-25-/t35-,36+/m0/s1. The number of benzene rings is 4. The van der Waals surface area contributed by atoms with E-state index in [0.29, 0.717) is 6.42 Å². The van der Waals surface area contributed by atoms with E-state index >= 15 is 0 Å². The monoisotopic (exact) mass is 602 g/mol. The Balaban J connectivity index is 1.52. The van der Waals surface area contributed by atoms with Crippen molar-refractivity contribution in [1.29, 1.82) is 0 Å². The maximum absolute atomic E-state index is 13.1. The molecule has 6 heteroatoms. The van der Waals surface area contributed by atoms with Crippen molar-refractivity contribution >= 4 is 17.7 Å². The molecule has 0 aliphatic carbocycles. The van der Waals surface area contributed by atoms with Crippen molar-refractivity contribution in [3.05, 3.63) is 149 Å². The van der Waals surface area contributed by atoms with Crippen molar-refractivity contribution in [3.63, 3.8) is 0 Å². The number of nitrogens with zero attached hydrogens (tertiary/aromatic N) is 2. The molecule has 0 unspecified atom stereocenters. The number of hydrogen-bond donors (Lipinski definition) is 0. The molecule has 0 saturated carbocycles. The summed E-state index contributed by atoms with van der Waals surface area (Å²) < 4.78 is 11.3. The van der Waals surface area contributed by atoms with Crippen LogP contribution in [0.3, 0.4) is 0 Å². The van der Waals surface area contributed by atoms with Gasteiger partial charge in [-0.3, -0.25) is 4.79 Å². The summed E-state index contributed by atoms with van der Waals surface area (Å²) in [6.07, 6.45) is 1.99. The van der Waals surface area contributed by atoms with Crippen molar-refractivity contribution in [2.75, 3.05) is 11.5 Å². The van der Waals surface area contributed by atoms with E-state index in [-0.39, 0.29) is 29.9 Å². The van der Waals surface area contributed by atoms with Crippen LogP contribution in [-0.2, 0) is 33.8 Å². The first-order valence-corrected chi connectivity index (χ1v) is 15.5. The van der Waals surface area contributed by atoms with E-state index in [2.05, 4.69) is 98.5 Å². The zero-order chi connectivity index (χ0) is 31.8. The van der Waals surface area contributed by atoms with Gasteiger partial charge in [0.25, 0.3) is 0 Å². The smallest absolute Gasteiger partial charge is 0.417 e. The van der Waals surface area contributed by atoms with E-state index in [1.165, 1.54) is 23.0 Å². The highest BCUT2D eigenvalue weighted by atomic mass is 16.6. The molecule has 0 spiro atoms. The van der Waals surface area contributed by atoms with Crippen LogP contribution >= 0.6 is 0 Å². The maximum atomic E-state index is 13.1. The lowest BCUT2D eigenvalue weighted by molar-refractivity contribution is -0.138. The van der Waals surface area contributed by atoms with Crippen LogP contribution in [0.15, 0.2) is 127 Å². The Labute approximate surface area is 266 Å². The zero-order valence-electron chi connectivity index (χ0n) is 26.6. The Bertz CT molecular complexity index is 1560. The molecule has 232 valence electrons. The average molecular weight is 603 g/mol. The molecule has 4 aromatic carbocycles. The van der Waals surface area contributed by atoms with Crippen molar-refractivity contribution in [3.8, 4) is 0 Å². The summed E-state index contributed by atoms with van der Waals surface area (Å²) in [5.41, 5.74) is 5.39. The Kier molecular flexibility index (Phi) is 10.0. The Hall–Kier alpha value is -4.84. The molecular formula is C39H42N2O4. The second-order valence-electron chi connectivity index (χ2n) is 12.7. The third kappa shape index (κ3) is 8.42. The van der Waals surface area contributed by atoms with Crippen molar-refractivity contribution in [2.45, 2.75) is 59.2 Å². The van der Waals surface area contributed by atoms with Gasteiger partial charge in [0.2, 0.25) is 5.88 Å². The molecule has 1 fully saturated rings. The highest BCUT2D eigenvalue weighted by Gasteiger charge is 2.39. The number of carbonyl (C=O) groups excluding carboxylic acids is 2. The Morgan fingerprint density at radius 2 is 1.42 bits per heavy atom. The lowest BCUT2D eigenvalue weighted by Gasteiger charge is -2.32. The van der Waals surface area contributed by atoms with Gasteiger partial charge in [-0.05, 0) is 52.3 Å². The third-order valence-corrected chi connectivity index (χ3v) is 8.03. The fourth-order valence-corrected chi connectivity index (χ4v) is 5.83. The lowest BCUT2D eigenvalue weighted by atomic mass is 9.76. The molecule has 1 amide bonds. The average Bonchev–Trinajstić information content (AvgIpc) is 3.39. The molecule has 0 radical (unpaired) electrons. The molecule has 45 heavy (non-hydrogen) atoms. The van der Waals surface area contributed by atoms with E-state index in [0.717, 1.165) is 29.9 Å². The number of cyclic esters (lactones) is 1. The maximum Gasteiger partial charge on any atom is 0.417 e. The highest BCUT2D eigenvalue weighted by molar-refractivity contribution is 5.74. The molecule has 0 bridgehead atoms. The van der Waals surface area contributed by atoms with E-state index in [1.54, 1.807) is 0 Å². The summed E-state index contributed by atoms with van der Waals surface area (Å²) in [4.78, 5) is 29.4. The summed E-state index contributed by atoms with van der Waals surface area (Å²) in [6, 6.07) is 39.1. The second-order valence-corrected chi connectivity index (χ2v) is 12.7. The predicted octanol–water partition coefficient (Wildman–Crippen LogP) is 8.49. The summed E-state index contributed by atoms with van der Waals surface area (Å²) in [7, 11) is 0. The first kappa shape index (κ1) is 31.6. The van der Waals surface area contributed by atoms with Gasteiger partial charge in [0, 0.05) is 31.6 Å². The Morgan fingerprint density at radius 3 is 1.96 bits per heavy atom. The largest absolute Gasteiger partial charge is 0.447 e. The third-order valence-electron chi connectivity index (χ3n) is 8.03. The van der Waals surface area contributed by atoms with Gasteiger partial charge in [-0.15, -0.1) is 0 Å². The van der Waals surface area contributed by atoms with Gasteiger partial charge in [-0.1, -0.05) is 124 Å². The van der Waals surface area contributed by atoms with Crippen LogP contribution in [0.4, 0.5) is 10.5 Å². The van der Waals surface area contributed by atoms with Gasteiger partial charge in [0.15, 0.2) is 0 Å². The molecule has 6 nitrogen and oxygen atoms in total. The number of esters is 1. The normalized spacial score (nSPS) is 15.8. The first-order valence-electron chi connectivity index (χ1n) is 15.5. The Morgan fingerprint density at radius 1 is 0.867 bits per heavy atom. The molecule has 4 aromatic rings. The number of ether oxygens (including phenoxy) is 2. The summed E-state index contributed by atoms with van der Waals surface area (Å²) in [6.45, 7) is 9.53. The van der Waals surface area contributed by atoms with Gasteiger partial charge in [0.05, 0.1) is 6.04 Å². The quantitative estimate of drug-likeness (QED) is 0.127. The van der Waals surface area contributed by atoms with E-state index in [4.69, 9.17) is 9.47 Å². The molecule has 2 atom stereocenters. The highest BCUT2D eigenvalue weighted by Crippen LogP contribution is 2.40. The van der Waals surface area contributed by atoms with Crippen molar-refractivity contribution in [1.82, 2.24) is 4.90 Å². The van der Waals surface area contributed by atoms with E-state index < -0.39 is 12.1 Å². The minimum Gasteiger partial charge on any atom is -0.447 e. The summed E-state index contributed by atoms with van der Waals surface area (Å²) in [5, 5.41) is 0. The van der Waals surface area contributed by atoms with E-state index in [9.17, 15) is 9.59 Å². The zero-order valence-corrected chi connectivity index (χ0v) is 26.6. The molecule has 0 N–H and O–H groups in total. The van der Waals surface area contributed by atoms with Crippen molar-refractivity contribution in [2.24, 2.45) is 5.41 Å². The van der Waals surface area contributed by atoms with E-state index in [1.807, 2.05) is 48.5 Å². The fraction of sp³-hybridized carbons (Fsp3) is 0.282. The van der Waals surface area contributed by atoms with Crippen LogP contribution in [0.5, 0.6) is 0 Å². The fourth-order valence-electron chi connectivity index (χ4n) is 5.83. The van der Waals surface area contributed by atoms with Crippen LogP contribution in [0.2, 0.25) is 0 Å². The summed E-state index contributed by atoms with van der Waals surface area (Å²) in [5.74, 6) is -0.465. The van der Waals surface area contributed by atoms with Gasteiger partial charge in [0.1, 0.15) is 6.61 Å². The minimum absolute atomic E-state index is 0.187. The lowest BCUT2D eigenvalue weighted by Crippen LogP contribution is -2.36. The number of rotatable bonds is 11. The van der Waals surface area contributed by atoms with Crippen LogP contribution in [0.1, 0.15) is 55.9 Å². The first-order chi connectivity index (χ1) is 21.7. The molecule has 1 aliphatic heterocycles. The SMILES string of the molecule is CC(=O)O/C(=C\[C@H](c1cccc(N(Cc2ccccc2)Cc2ccccc2)c1)C(C)(C)C)N1C(=O)OC[C@@H]1Cc1ccccc1. The molecule has 0 aromatic heterocycles. The molecule has 5 rings (SSSR count). The number of hydrogen-bond acceptors (Lipinski definition) is 5. The molecule has 1 aliphatic rings. The molecule has 1 saturated heterocycles. The minimum atomic E-state index is -0.512. The number of amides is 1. The van der Waals surface area contributed by atoms with Gasteiger partial charge in [-0.25, -0.2) is 9.69 Å². The molecule has 1 heterocycles. The van der Waals surface area contributed by atoms with Gasteiger partial charge >= 0.3 is 12.1 Å². The molecular weight excluding hydrogens is 560 g/mol. The van der Waals surface area contributed by atoms with Gasteiger partial charge in [-0.2, -0.15) is 0 Å².